The van der Waals surface area contributed by atoms with Gasteiger partial charge in [0, 0.05) is 4.47 Å². The topological polar surface area (TPSA) is 55.8 Å². The van der Waals surface area contributed by atoms with Crippen molar-refractivity contribution in [3.05, 3.63) is 93.5 Å². The van der Waals surface area contributed by atoms with Crippen molar-refractivity contribution in [2.45, 2.75) is 20.1 Å². The Morgan fingerprint density at radius 3 is 2.30 bits per heavy atom. The first kappa shape index (κ1) is 19.1. The summed E-state index contributed by atoms with van der Waals surface area (Å²) in [6, 6.07) is 20.2. The summed E-state index contributed by atoms with van der Waals surface area (Å²) in [4.78, 5) is 12.8. The van der Waals surface area contributed by atoms with E-state index in [1.54, 1.807) is 37.3 Å². The fourth-order valence-corrected chi connectivity index (χ4v) is 3.13. The normalized spacial score (nSPS) is 10.5. The average Bonchev–Trinajstić information content (AvgIpc) is 2.70. The lowest BCUT2D eigenvalue weighted by atomic mass is 10.0. The number of hydrogen-bond acceptors (Lipinski definition) is 4. The standard InChI is InChI=1S/C22H19BrO4/c1-15-20(22(25)27-18-10-6-3-7-11-18)19(12-17(13-24)21(15)23)26-14-16-8-4-2-5-9-16/h2-12,24H,13-14H2,1H3. The predicted octanol–water partition coefficient (Wildman–Crippen LogP) is 5.05. The third kappa shape index (κ3) is 4.56. The van der Waals surface area contributed by atoms with Crippen LogP contribution in [0.3, 0.4) is 0 Å². The number of carbonyl (C=O) groups is 1. The molecule has 4 nitrogen and oxygen atoms in total. The lowest BCUT2D eigenvalue weighted by molar-refractivity contribution is 0.0728. The molecule has 0 heterocycles. The Hall–Kier alpha value is -2.63. The summed E-state index contributed by atoms with van der Waals surface area (Å²) in [7, 11) is 0. The number of halogens is 1. The molecule has 0 aliphatic carbocycles. The van der Waals surface area contributed by atoms with E-state index >= 15 is 0 Å². The molecule has 0 saturated heterocycles. The molecule has 0 bridgehead atoms. The highest BCUT2D eigenvalue weighted by molar-refractivity contribution is 9.10. The number of ether oxygens (including phenoxy) is 2. The summed E-state index contributed by atoms with van der Waals surface area (Å²) in [6.07, 6.45) is 0. The number of benzene rings is 3. The number of rotatable bonds is 6. The summed E-state index contributed by atoms with van der Waals surface area (Å²) >= 11 is 3.45. The minimum atomic E-state index is -0.507. The smallest absolute Gasteiger partial charge is 0.347 e. The van der Waals surface area contributed by atoms with Crippen molar-refractivity contribution in [2.75, 3.05) is 0 Å². The molecule has 5 heteroatoms. The van der Waals surface area contributed by atoms with Crippen molar-refractivity contribution < 1.29 is 19.4 Å². The van der Waals surface area contributed by atoms with E-state index in [0.717, 1.165) is 5.56 Å². The highest BCUT2D eigenvalue weighted by Crippen LogP contribution is 2.34. The van der Waals surface area contributed by atoms with Gasteiger partial charge in [-0.2, -0.15) is 0 Å². The van der Waals surface area contributed by atoms with Gasteiger partial charge in [0.2, 0.25) is 0 Å². The zero-order chi connectivity index (χ0) is 19.2. The highest BCUT2D eigenvalue weighted by atomic mass is 79.9. The summed E-state index contributed by atoms with van der Waals surface area (Å²) in [5.74, 6) is 0.328. The van der Waals surface area contributed by atoms with Crippen LogP contribution in [0.15, 0.2) is 71.2 Å². The fourth-order valence-electron chi connectivity index (χ4n) is 2.69. The monoisotopic (exact) mass is 426 g/mol. The maximum absolute atomic E-state index is 12.8. The van der Waals surface area contributed by atoms with Crippen molar-refractivity contribution in [1.82, 2.24) is 0 Å². The molecule has 0 radical (unpaired) electrons. The predicted molar refractivity (Wildman–Crippen MR) is 107 cm³/mol. The first-order valence-corrected chi connectivity index (χ1v) is 9.26. The molecular weight excluding hydrogens is 408 g/mol. The molecule has 0 amide bonds. The molecule has 27 heavy (non-hydrogen) atoms. The molecular formula is C22H19BrO4. The van der Waals surface area contributed by atoms with Crippen molar-refractivity contribution in [3.8, 4) is 11.5 Å². The maximum Gasteiger partial charge on any atom is 0.347 e. The van der Waals surface area contributed by atoms with Gasteiger partial charge in [-0.15, -0.1) is 0 Å². The summed E-state index contributed by atoms with van der Waals surface area (Å²) < 4.78 is 12.1. The van der Waals surface area contributed by atoms with Crippen LogP contribution in [-0.2, 0) is 13.2 Å². The van der Waals surface area contributed by atoms with Gasteiger partial charge >= 0.3 is 5.97 Å². The fraction of sp³-hybridized carbons (Fsp3) is 0.136. The molecule has 3 aromatic carbocycles. The highest BCUT2D eigenvalue weighted by Gasteiger charge is 2.22. The summed E-state index contributed by atoms with van der Waals surface area (Å²) in [5, 5.41) is 9.62. The zero-order valence-corrected chi connectivity index (χ0v) is 16.4. The molecule has 0 spiro atoms. The van der Waals surface area contributed by atoms with Gasteiger partial charge in [-0.1, -0.05) is 64.5 Å². The molecule has 0 fully saturated rings. The van der Waals surface area contributed by atoms with Crippen LogP contribution in [0.5, 0.6) is 11.5 Å². The molecule has 138 valence electrons. The summed E-state index contributed by atoms with van der Waals surface area (Å²) in [5.41, 5.74) is 2.61. The molecule has 1 N–H and O–H groups in total. The molecule has 0 saturated carbocycles. The van der Waals surface area contributed by atoms with Gasteiger partial charge in [-0.25, -0.2) is 4.79 Å². The van der Waals surface area contributed by atoms with Crippen LogP contribution in [0.1, 0.15) is 27.0 Å². The van der Waals surface area contributed by atoms with Gasteiger partial charge in [-0.05, 0) is 41.8 Å². The first-order valence-electron chi connectivity index (χ1n) is 8.47. The van der Waals surface area contributed by atoms with Crippen LogP contribution < -0.4 is 9.47 Å². The van der Waals surface area contributed by atoms with Gasteiger partial charge in [0.05, 0.1) is 6.61 Å². The second-order valence-electron chi connectivity index (χ2n) is 5.98. The van der Waals surface area contributed by atoms with E-state index in [9.17, 15) is 9.90 Å². The van der Waals surface area contributed by atoms with E-state index in [1.165, 1.54) is 0 Å². The minimum absolute atomic E-state index is 0.170. The van der Waals surface area contributed by atoms with Crippen LogP contribution in [-0.4, -0.2) is 11.1 Å². The van der Waals surface area contributed by atoms with Crippen molar-refractivity contribution in [3.63, 3.8) is 0 Å². The quantitative estimate of drug-likeness (QED) is 0.442. The number of esters is 1. The van der Waals surface area contributed by atoms with Crippen LogP contribution in [0.2, 0.25) is 0 Å². The third-order valence-corrected chi connectivity index (χ3v) is 5.21. The minimum Gasteiger partial charge on any atom is -0.488 e. The van der Waals surface area contributed by atoms with Crippen LogP contribution >= 0.6 is 15.9 Å². The Morgan fingerprint density at radius 2 is 1.67 bits per heavy atom. The van der Waals surface area contributed by atoms with Gasteiger partial charge in [-0.3, -0.25) is 0 Å². The van der Waals surface area contributed by atoms with Gasteiger partial charge in [0.25, 0.3) is 0 Å². The number of hydrogen-bond donors (Lipinski definition) is 1. The van der Waals surface area contributed by atoms with E-state index in [1.807, 2.05) is 36.4 Å². The Labute approximate surface area is 166 Å². The Bertz CT molecular complexity index is 924. The Balaban J connectivity index is 1.94. The van der Waals surface area contributed by atoms with E-state index in [2.05, 4.69) is 15.9 Å². The van der Waals surface area contributed by atoms with E-state index in [0.29, 0.717) is 39.3 Å². The average molecular weight is 427 g/mol. The lowest BCUT2D eigenvalue weighted by Gasteiger charge is -2.17. The molecule has 3 aromatic rings. The van der Waals surface area contributed by atoms with Crippen LogP contribution in [0.4, 0.5) is 0 Å². The zero-order valence-electron chi connectivity index (χ0n) is 14.8. The second kappa shape index (κ2) is 8.84. The number of carbonyl (C=O) groups excluding carboxylic acids is 1. The molecule has 3 rings (SSSR count). The van der Waals surface area contributed by atoms with Crippen molar-refractivity contribution in [2.24, 2.45) is 0 Å². The molecule has 0 aromatic heterocycles. The lowest BCUT2D eigenvalue weighted by Crippen LogP contribution is -2.14. The number of aliphatic hydroxyl groups excluding tert-OH is 1. The first-order chi connectivity index (χ1) is 13.1. The van der Waals surface area contributed by atoms with Crippen LogP contribution in [0, 0.1) is 6.92 Å². The van der Waals surface area contributed by atoms with E-state index < -0.39 is 5.97 Å². The van der Waals surface area contributed by atoms with Gasteiger partial charge < -0.3 is 14.6 Å². The van der Waals surface area contributed by atoms with Crippen molar-refractivity contribution >= 4 is 21.9 Å². The Kier molecular flexibility index (Phi) is 6.27. The maximum atomic E-state index is 12.8. The third-order valence-electron chi connectivity index (χ3n) is 4.10. The summed E-state index contributed by atoms with van der Waals surface area (Å²) in [6.45, 7) is 1.93. The molecule has 0 aliphatic heterocycles. The van der Waals surface area contributed by atoms with Crippen LogP contribution in [0.25, 0.3) is 0 Å². The SMILES string of the molecule is Cc1c(Br)c(CO)cc(OCc2ccccc2)c1C(=O)Oc1ccccc1. The molecule has 0 aliphatic rings. The molecule has 0 atom stereocenters. The van der Waals surface area contributed by atoms with Crippen molar-refractivity contribution in [1.29, 1.82) is 0 Å². The Morgan fingerprint density at radius 1 is 1.04 bits per heavy atom. The van der Waals surface area contributed by atoms with E-state index in [-0.39, 0.29) is 6.61 Å². The van der Waals surface area contributed by atoms with Gasteiger partial charge in [0.15, 0.2) is 0 Å². The number of aliphatic hydroxyl groups is 1. The molecule has 0 unspecified atom stereocenters. The van der Waals surface area contributed by atoms with E-state index in [4.69, 9.17) is 9.47 Å². The number of para-hydroxylation sites is 1. The largest absolute Gasteiger partial charge is 0.488 e. The van der Waals surface area contributed by atoms with Gasteiger partial charge in [0.1, 0.15) is 23.7 Å². The second-order valence-corrected chi connectivity index (χ2v) is 6.78.